The molecule has 1 heterocycles. The largest absolute Gasteiger partial charge is 0.302 e. The Morgan fingerprint density at radius 1 is 1.67 bits per heavy atom. The van der Waals surface area contributed by atoms with Crippen molar-refractivity contribution in [1.29, 1.82) is 0 Å². The molecule has 0 saturated heterocycles. The molecule has 1 aromatic rings. The van der Waals surface area contributed by atoms with Crippen LogP contribution in [0.5, 0.6) is 0 Å². The highest BCUT2D eigenvalue weighted by Crippen LogP contribution is 2.46. The molecule has 12 heavy (non-hydrogen) atoms. The zero-order valence-electron chi connectivity index (χ0n) is 7.37. The van der Waals surface area contributed by atoms with Gasteiger partial charge in [-0.3, -0.25) is 4.68 Å². The maximum absolute atomic E-state index is 10.8. The smallest absolute Gasteiger partial charge is 0.132 e. The van der Waals surface area contributed by atoms with Crippen LogP contribution in [-0.4, -0.2) is 16.1 Å². The van der Waals surface area contributed by atoms with Gasteiger partial charge in [-0.05, 0) is 25.3 Å². The molecule has 0 amide bonds. The third-order valence-electron chi connectivity index (χ3n) is 2.50. The minimum Gasteiger partial charge on any atom is -0.302 e. The van der Waals surface area contributed by atoms with E-state index in [9.17, 15) is 4.79 Å². The van der Waals surface area contributed by atoms with Crippen molar-refractivity contribution in [1.82, 2.24) is 9.78 Å². The van der Waals surface area contributed by atoms with E-state index in [0.717, 1.165) is 30.4 Å². The molecule has 0 radical (unpaired) electrons. The van der Waals surface area contributed by atoms with Crippen LogP contribution in [0.3, 0.4) is 0 Å². The van der Waals surface area contributed by atoms with Gasteiger partial charge in [0.2, 0.25) is 0 Å². The first-order valence-corrected chi connectivity index (χ1v) is 4.15. The molecule has 3 nitrogen and oxygen atoms in total. The van der Waals surface area contributed by atoms with Gasteiger partial charge >= 0.3 is 0 Å². The highest BCUT2D eigenvalue weighted by Gasteiger charge is 2.47. The Labute approximate surface area is 71.4 Å². The fourth-order valence-corrected chi connectivity index (χ4v) is 1.64. The molecule has 1 aromatic heterocycles. The number of rotatable bonds is 2. The molecular weight excluding hydrogens is 152 g/mol. The van der Waals surface area contributed by atoms with Gasteiger partial charge in [-0.2, -0.15) is 5.10 Å². The van der Waals surface area contributed by atoms with Crippen LogP contribution in [0.2, 0.25) is 0 Å². The number of aryl methyl sites for hydroxylation is 2. The van der Waals surface area contributed by atoms with Gasteiger partial charge in [0.25, 0.3) is 0 Å². The van der Waals surface area contributed by atoms with Crippen LogP contribution in [-0.2, 0) is 17.3 Å². The SMILES string of the molecule is Cc1cn(C)nc1C1(C=O)CC1. The van der Waals surface area contributed by atoms with Gasteiger partial charge in [0.1, 0.15) is 6.29 Å². The summed E-state index contributed by atoms with van der Waals surface area (Å²) in [6.07, 6.45) is 4.93. The highest BCUT2D eigenvalue weighted by atomic mass is 16.1. The lowest BCUT2D eigenvalue weighted by Gasteiger charge is -2.02. The van der Waals surface area contributed by atoms with E-state index < -0.39 is 0 Å². The molecule has 1 saturated carbocycles. The van der Waals surface area contributed by atoms with Crippen LogP contribution in [0.15, 0.2) is 6.20 Å². The second-order valence-corrected chi connectivity index (χ2v) is 3.61. The first-order valence-electron chi connectivity index (χ1n) is 4.15. The Kier molecular flexibility index (Phi) is 1.37. The quantitative estimate of drug-likeness (QED) is 0.610. The molecule has 2 rings (SSSR count). The normalized spacial score (nSPS) is 19.2. The van der Waals surface area contributed by atoms with Crippen LogP contribution in [0.4, 0.5) is 0 Å². The monoisotopic (exact) mass is 164 g/mol. The predicted molar refractivity (Wildman–Crippen MR) is 44.9 cm³/mol. The van der Waals surface area contributed by atoms with E-state index in [4.69, 9.17) is 0 Å². The van der Waals surface area contributed by atoms with Gasteiger partial charge in [0.15, 0.2) is 0 Å². The number of carbonyl (C=O) groups is 1. The topological polar surface area (TPSA) is 34.9 Å². The summed E-state index contributed by atoms with van der Waals surface area (Å²) in [5, 5.41) is 4.30. The molecule has 0 bridgehead atoms. The Hall–Kier alpha value is -1.12. The molecule has 0 aromatic carbocycles. The second kappa shape index (κ2) is 2.19. The molecule has 0 N–H and O–H groups in total. The Bertz CT molecular complexity index is 323. The Balaban J connectivity index is 2.45. The summed E-state index contributed by atoms with van der Waals surface area (Å²) in [4.78, 5) is 10.8. The highest BCUT2D eigenvalue weighted by molar-refractivity contribution is 5.72. The van der Waals surface area contributed by atoms with Gasteiger partial charge in [-0.25, -0.2) is 0 Å². The summed E-state index contributed by atoms with van der Waals surface area (Å²) in [7, 11) is 1.89. The predicted octanol–water partition coefficient (Wildman–Crippen LogP) is 0.959. The second-order valence-electron chi connectivity index (χ2n) is 3.61. The lowest BCUT2D eigenvalue weighted by atomic mass is 10.0. The molecule has 0 unspecified atom stereocenters. The number of aromatic nitrogens is 2. The van der Waals surface area contributed by atoms with Gasteiger partial charge in [0.05, 0.1) is 11.1 Å². The molecule has 1 fully saturated rings. The molecule has 1 aliphatic rings. The minimum atomic E-state index is -0.217. The summed E-state index contributed by atoms with van der Waals surface area (Å²) < 4.78 is 1.77. The summed E-state index contributed by atoms with van der Waals surface area (Å²) >= 11 is 0. The van der Waals surface area contributed by atoms with Crippen molar-refractivity contribution in [2.45, 2.75) is 25.2 Å². The fourth-order valence-electron chi connectivity index (χ4n) is 1.64. The molecule has 64 valence electrons. The van der Waals surface area contributed by atoms with E-state index in [1.54, 1.807) is 4.68 Å². The maximum atomic E-state index is 10.8. The zero-order valence-corrected chi connectivity index (χ0v) is 7.37. The summed E-state index contributed by atoms with van der Waals surface area (Å²) in [5.41, 5.74) is 1.88. The number of carbonyl (C=O) groups excluding carboxylic acids is 1. The van der Waals surface area contributed by atoms with Gasteiger partial charge < -0.3 is 4.79 Å². The molecule has 1 aliphatic carbocycles. The van der Waals surface area contributed by atoms with E-state index in [1.807, 2.05) is 20.2 Å². The van der Waals surface area contributed by atoms with E-state index in [0.29, 0.717) is 0 Å². The molecule has 3 heteroatoms. The fraction of sp³-hybridized carbons (Fsp3) is 0.556. The van der Waals surface area contributed by atoms with Crippen molar-refractivity contribution in [3.63, 3.8) is 0 Å². The Morgan fingerprint density at radius 2 is 2.33 bits per heavy atom. The molecular formula is C9H12N2O. The van der Waals surface area contributed by atoms with Crippen LogP contribution in [0.25, 0.3) is 0 Å². The third-order valence-corrected chi connectivity index (χ3v) is 2.50. The van der Waals surface area contributed by atoms with Crippen LogP contribution < -0.4 is 0 Å². The van der Waals surface area contributed by atoms with Crippen LogP contribution in [0, 0.1) is 6.92 Å². The molecule has 0 aliphatic heterocycles. The van der Waals surface area contributed by atoms with E-state index >= 15 is 0 Å². The first kappa shape index (κ1) is 7.53. The zero-order chi connectivity index (χ0) is 8.77. The number of hydrogen-bond donors (Lipinski definition) is 0. The minimum absolute atomic E-state index is 0.217. The summed E-state index contributed by atoms with van der Waals surface area (Å²) in [5.74, 6) is 0. The number of nitrogens with zero attached hydrogens (tertiary/aromatic N) is 2. The van der Waals surface area contributed by atoms with Crippen LogP contribution >= 0.6 is 0 Å². The first-order chi connectivity index (χ1) is 5.68. The third kappa shape index (κ3) is 0.891. The van der Waals surface area contributed by atoms with Crippen molar-refractivity contribution < 1.29 is 4.79 Å². The van der Waals surface area contributed by atoms with Crippen molar-refractivity contribution >= 4 is 6.29 Å². The number of hydrogen-bond acceptors (Lipinski definition) is 2. The van der Waals surface area contributed by atoms with Crippen molar-refractivity contribution in [3.05, 3.63) is 17.5 Å². The molecule has 0 spiro atoms. The lowest BCUT2D eigenvalue weighted by Crippen LogP contribution is -2.10. The van der Waals surface area contributed by atoms with Crippen molar-refractivity contribution in [2.24, 2.45) is 7.05 Å². The average molecular weight is 164 g/mol. The standard InChI is InChI=1S/C9H12N2O/c1-7-5-11(2)10-8(7)9(6-12)3-4-9/h5-6H,3-4H2,1-2H3. The number of aldehydes is 1. The Morgan fingerprint density at radius 3 is 2.67 bits per heavy atom. The van der Waals surface area contributed by atoms with Gasteiger partial charge in [0, 0.05) is 13.2 Å². The lowest BCUT2D eigenvalue weighted by molar-refractivity contribution is -0.110. The molecule has 0 atom stereocenters. The summed E-state index contributed by atoms with van der Waals surface area (Å²) in [6.45, 7) is 2.01. The van der Waals surface area contributed by atoms with Crippen molar-refractivity contribution in [3.8, 4) is 0 Å². The van der Waals surface area contributed by atoms with E-state index in [-0.39, 0.29) is 5.41 Å². The maximum Gasteiger partial charge on any atom is 0.132 e. The van der Waals surface area contributed by atoms with Gasteiger partial charge in [-0.15, -0.1) is 0 Å². The van der Waals surface area contributed by atoms with Crippen LogP contribution in [0.1, 0.15) is 24.1 Å². The van der Waals surface area contributed by atoms with E-state index in [1.165, 1.54) is 0 Å². The van der Waals surface area contributed by atoms with Crippen molar-refractivity contribution in [2.75, 3.05) is 0 Å². The average Bonchev–Trinajstić information content (AvgIpc) is 2.74. The summed E-state index contributed by atoms with van der Waals surface area (Å²) in [6, 6.07) is 0. The van der Waals surface area contributed by atoms with Gasteiger partial charge in [-0.1, -0.05) is 0 Å². The van der Waals surface area contributed by atoms with E-state index in [2.05, 4.69) is 5.10 Å².